The minimum atomic E-state index is -0.342. The second kappa shape index (κ2) is 6.39. The van der Waals surface area contributed by atoms with Crippen LogP contribution >= 0.6 is 0 Å². The minimum Gasteiger partial charge on any atom is -0.494 e. The molecule has 1 heterocycles. The molecular weight excluding hydrogens is 246 g/mol. The lowest BCUT2D eigenvalue weighted by molar-refractivity contribution is 0.251. The zero-order valence-corrected chi connectivity index (χ0v) is 10.5. The van der Waals surface area contributed by atoms with Crippen molar-refractivity contribution in [3.63, 3.8) is 0 Å². The molecule has 0 aliphatic carbocycles. The summed E-state index contributed by atoms with van der Waals surface area (Å²) in [6.45, 7) is 2.99. The summed E-state index contributed by atoms with van der Waals surface area (Å²) in [6, 6.07) is 7.20. The van der Waals surface area contributed by atoms with Crippen molar-refractivity contribution in [3.05, 3.63) is 36.2 Å². The molecule has 0 atom stereocenters. The maximum absolute atomic E-state index is 11.5. The molecule has 0 spiro atoms. The number of aromatic amines is 1. The normalized spacial score (nSPS) is 9.95. The Labute approximate surface area is 110 Å². The summed E-state index contributed by atoms with van der Waals surface area (Å²) in [5.74, 6) is 1.13. The molecule has 100 valence electrons. The van der Waals surface area contributed by atoms with Gasteiger partial charge < -0.3 is 10.1 Å². The van der Waals surface area contributed by atoms with Crippen LogP contribution in [-0.2, 0) is 6.54 Å². The van der Waals surface area contributed by atoms with Gasteiger partial charge in [-0.05, 0) is 24.6 Å². The molecule has 0 bridgehead atoms. The molecule has 2 aromatic rings. The molecular formula is C12H15N5O2. The predicted octanol–water partition coefficient (Wildman–Crippen LogP) is 1.53. The SMILES string of the molecule is CCOc1ccc(CNC(=O)Nc2ncn[nH]2)cc1. The van der Waals surface area contributed by atoms with Crippen molar-refractivity contribution in [2.45, 2.75) is 13.5 Å². The first-order valence-corrected chi connectivity index (χ1v) is 5.90. The Bertz CT molecular complexity index is 509. The first kappa shape index (κ1) is 12.9. The van der Waals surface area contributed by atoms with Gasteiger partial charge in [-0.1, -0.05) is 12.1 Å². The van der Waals surface area contributed by atoms with Gasteiger partial charge in [0.1, 0.15) is 12.1 Å². The van der Waals surface area contributed by atoms with E-state index in [-0.39, 0.29) is 6.03 Å². The van der Waals surface area contributed by atoms with Crippen LogP contribution in [0.2, 0.25) is 0 Å². The largest absolute Gasteiger partial charge is 0.494 e. The topological polar surface area (TPSA) is 91.9 Å². The number of ether oxygens (including phenoxy) is 1. The van der Waals surface area contributed by atoms with Gasteiger partial charge in [0.15, 0.2) is 0 Å². The number of carbonyl (C=O) groups excluding carboxylic acids is 1. The predicted molar refractivity (Wildman–Crippen MR) is 69.9 cm³/mol. The molecule has 0 fully saturated rings. The number of rotatable bonds is 5. The molecule has 2 amide bonds. The van der Waals surface area contributed by atoms with Crippen LogP contribution in [-0.4, -0.2) is 27.8 Å². The molecule has 0 unspecified atom stereocenters. The maximum atomic E-state index is 11.5. The van der Waals surface area contributed by atoms with Gasteiger partial charge in [0.05, 0.1) is 6.61 Å². The second-order valence-electron chi connectivity index (χ2n) is 3.72. The van der Waals surface area contributed by atoms with Crippen molar-refractivity contribution < 1.29 is 9.53 Å². The van der Waals surface area contributed by atoms with Crippen molar-refractivity contribution in [1.29, 1.82) is 0 Å². The number of carbonyl (C=O) groups is 1. The third kappa shape index (κ3) is 3.98. The molecule has 0 radical (unpaired) electrons. The monoisotopic (exact) mass is 261 g/mol. The van der Waals surface area contributed by atoms with Crippen molar-refractivity contribution in [2.24, 2.45) is 0 Å². The Morgan fingerprint density at radius 1 is 1.37 bits per heavy atom. The van der Waals surface area contributed by atoms with Gasteiger partial charge in [0.2, 0.25) is 5.95 Å². The van der Waals surface area contributed by atoms with Crippen LogP contribution in [0.5, 0.6) is 5.75 Å². The molecule has 7 heteroatoms. The van der Waals surface area contributed by atoms with Crippen LogP contribution in [0.15, 0.2) is 30.6 Å². The smallest absolute Gasteiger partial charge is 0.321 e. The number of hydrogen-bond donors (Lipinski definition) is 3. The van der Waals surface area contributed by atoms with Crippen LogP contribution in [0.4, 0.5) is 10.7 Å². The van der Waals surface area contributed by atoms with Gasteiger partial charge in [-0.25, -0.2) is 9.89 Å². The van der Waals surface area contributed by atoms with E-state index in [4.69, 9.17) is 4.74 Å². The number of aromatic nitrogens is 3. The van der Waals surface area contributed by atoms with E-state index in [0.29, 0.717) is 19.1 Å². The van der Waals surface area contributed by atoms with E-state index in [2.05, 4.69) is 25.8 Å². The zero-order chi connectivity index (χ0) is 13.5. The summed E-state index contributed by atoms with van der Waals surface area (Å²) in [5, 5.41) is 11.4. The van der Waals surface area contributed by atoms with Gasteiger partial charge in [-0.2, -0.15) is 10.1 Å². The first-order valence-electron chi connectivity index (χ1n) is 5.90. The number of hydrogen-bond acceptors (Lipinski definition) is 4. The summed E-state index contributed by atoms with van der Waals surface area (Å²) >= 11 is 0. The second-order valence-corrected chi connectivity index (χ2v) is 3.72. The van der Waals surface area contributed by atoms with Crippen LogP contribution in [0.25, 0.3) is 0 Å². The molecule has 19 heavy (non-hydrogen) atoms. The lowest BCUT2D eigenvalue weighted by Gasteiger charge is -2.07. The summed E-state index contributed by atoms with van der Waals surface area (Å²) in [7, 11) is 0. The van der Waals surface area contributed by atoms with Crippen LogP contribution in [0, 0.1) is 0 Å². The lowest BCUT2D eigenvalue weighted by atomic mass is 10.2. The summed E-state index contributed by atoms with van der Waals surface area (Å²) < 4.78 is 5.34. The van der Waals surface area contributed by atoms with Crippen LogP contribution in [0.3, 0.4) is 0 Å². The summed E-state index contributed by atoms with van der Waals surface area (Å²) in [4.78, 5) is 15.3. The number of amides is 2. The quantitative estimate of drug-likeness (QED) is 0.761. The van der Waals surface area contributed by atoms with Crippen molar-refractivity contribution in [3.8, 4) is 5.75 Å². The number of benzene rings is 1. The van der Waals surface area contributed by atoms with Crippen LogP contribution < -0.4 is 15.4 Å². The number of H-pyrrole nitrogens is 1. The van der Waals surface area contributed by atoms with E-state index in [1.165, 1.54) is 6.33 Å². The fourth-order valence-corrected chi connectivity index (χ4v) is 1.47. The fraction of sp³-hybridized carbons (Fsp3) is 0.250. The Morgan fingerprint density at radius 2 is 2.16 bits per heavy atom. The lowest BCUT2D eigenvalue weighted by Crippen LogP contribution is -2.28. The number of nitrogens with zero attached hydrogens (tertiary/aromatic N) is 2. The standard InChI is InChI=1S/C12H15N5O2/c1-2-19-10-5-3-9(4-6-10)7-13-12(18)16-11-14-8-15-17-11/h3-6,8H,2,7H2,1H3,(H3,13,14,15,16,17,18). The van der Waals surface area contributed by atoms with Gasteiger partial charge >= 0.3 is 6.03 Å². The van der Waals surface area contributed by atoms with E-state index in [1.54, 1.807) is 0 Å². The number of nitrogens with one attached hydrogen (secondary N) is 3. The molecule has 7 nitrogen and oxygen atoms in total. The van der Waals surface area contributed by atoms with Crippen LogP contribution in [0.1, 0.15) is 12.5 Å². The molecule has 2 rings (SSSR count). The fourth-order valence-electron chi connectivity index (χ4n) is 1.47. The average Bonchev–Trinajstić information content (AvgIpc) is 2.91. The third-order valence-corrected chi connectivity index (χ3v) is 2.33. The molecule has 0 saturated heterocycles. The van der Waals surface area contributed by atoms with Gasteiger partial charge in [-0.3, -0.25) is 5.32 Å². The Kier molecular flexibility index (Phi) is 4.33. The average molecular weight is 261 g/mol. The Hall–Kier alpha value is -2.57. The Morgan fingerprint density at radius 3 is 2.79 bits per heavy atom. The van der Waals surface area contributed by atoms with Crippen molar-refractivity contribution >= 4 is 12.0 Å². The molecule has 0 saturated carbocycles. The van der Waals surface area contributed by atoms with E-state index < -0.39 is 0 Å². The first-order chi connectivity index (χ1) is 9.28. The van der Waals surface area contributed by atoms with E-state index in [0.717, 1.165) is 11.3 Å². The highest BCUT2D eigenvalue weighted by molar-refractivity contribution is 5.87. The van der Waals surface area contributed by atoms with Gasteiger partial charge in [0.25, 0.3) is 0 Å². The molecule has 0 aliphatic heterocycles. The highest BCUT2D eigenvalue weighted by atomic mass is 16.5. The highest BCUT2D eigenvalue weighted by Crippen LogP contribution is 2.11. The summed E-state index contributed by atoms with van der Waals surface area (Å²) in [5.41, 5.74) is 0.983. The molecule has 3 N–H and O–H groups in total. The van der Waals surface area contributed by atoms with E-state index in [1.807, 2.05) is 31.2 Å². The van der Waals surface area contributed by atoms with E-state index >= 15 is 0 Å². The van der Waals surface area contributed by atoms with E-state index in [9.17, 15) is 4.79 Å². The molecule has 1 aromatic heterocycles. The van der Waals surface area contributed by atoms with Crippen molar-refractivity contribution in [2.75, 3.05) is 11.9 Å². The van der Waals surface area contributed by atoms with Crippen molar-refractivity contribution in [1.82, 2.24) is 20.5 Å². The minimum absolute atomic E-state index is 0.309. The van der Waals surface area contributed by atoms with Gasteiger partial charge in [-0.15, -0.1) is 0 Å². The summed E-state index contributed by atoms with van der Waals surface area (Å²) in [6.07, 6.45) is 1.32. The molecule has 0 aliphatic rings. The third-order valence-electron chi connectivity index (χ3n) is 2.33. The number of urea groups is 1. The molecule has 1 aromatic carbocycles. The van der Waals surface area contributed by atoms with Gasteiger partial charge in [0, 0.05) is 6.54 Å². The maximum Gasteiger partial charge on any atom is 0.321 e. The zero-order valence-electron chi connectivity index (χ0n) is 10.5. The Balaban J connectivity index is 1.79. The number of anilines is 1. The highest BCUT2D eigenvalue weighted by Gasteiger charge is 2.03.